The summed E-state index contributed by atoms with van der Waals surface area (Å²) in [5.74, 6) is 0. The summed E-state index contributed by atoms with van der Waals surface area (Å²) in [6.45, 7) is 0. The number of non-ortho nitro benzene ring substituents is 1. The number of rotatable bonds is 2. The Morgan fingerprint density at radius 1 is 1.21 bits per heavy atom. The summed E-state index contributed by atoms with van der Waals surface area (Å²) >= 11 is 0. The first-order valence-electron chi connectivity index (χ1n) is 4.56. The summed E-state index contributed by atoms with van der Waals surface area (Å²) < 4.78 is 32.8. The van der Waals surface area contributed by atoms with Gasteiger partial charge in [-0.15, -0.1) is 0 Å². The van der Waals surface area contributed by atoms with Crippen molar-refractivity contribution < 1.29 is 22.4 Å². The Balaban J connectivity index is 0.000000312. The predicted molar refractivity (Wildman–Crippen MR) is 71.0 cm³/mol. The summed E-state index contributed by atoms with van der Waals surface area (Å²) in [6.07, 6.45) is 0. The molecule has 0 aliphatic rings. The van der Waals surface area contributed by atoms with E-state index in [1.165, 1.54) is 12.1 Å². The highest BCUT2D eigenvalue weighted by Crippen LogP contribution is 2.26. The smallest absolute Gasteiger partial charge is 0.292 e. The van der Waals surface area contributed by atoms with Gasteiger partial charge in [-0.2, -0.15) is 0 Å². The molecular formula is C9H7NO6S3. The topological polar surface area (TPSA) is 121 Å². The van der Waals surface area contributed by atoms with Crippen LogP contribution in [0.1, 0.15) is 0 Å². The van der Waals surface area contributed by atoms with Crippen molar-refractivity contribution in [2.75, 3.05) is 0 Å². The Morgan fingerprint density at radius 2 is 1.74 bits per heavy atom. The molecule has 0 aliphatic carbocycles. The van der Waals surface area contributed by atoms with Crippen LogP contribution in [-0.2, 0) is 10.4 Å². The van der Waals surface area contributed by atoms with Gasteiger partial charge < -0.3 is 4.55 Å². The molecular weight excluding hydrogens is 314 g/mol. The zero-order chi connectivity index (χ0) is 14.5. The molecule has 0 atom stereocenters. The lowest BCUT2D eigenvalue weighted by molar-refractivity contribution is -0.384. The van der Waals surface area contributed by atoms with Crippen molar-refractivity contribution in [1.82, 2.24) is 0 Å². The maximum Gasteiger partial charge on any atom is 0.292 e. The van der Waals surface area contributed by atoms with E-state index in [1.54, 1.807) is 32.8 Å². The van der Waals surface area contributed by atoms with Crippen molar-refractivity contribution in [1.29, 1.82) is 0 Å². The molecule has 1 N–H and O–H groups in total. The van der Waals surface area contributed by atoms with Gasteiger partial charge in [-0.25, -0.2) is 8.42 Å². The molecule has 1 aromatic carbocycles. The second-order valence-corrected chi connectivity index (χ2v) is 5.98. The molecule has 1 aromatic heterocycles. The Labute approximate surface area is 115 Å². The van der Waals surface area contributed by atoms with Crippen molar-refractivity contribution in [3.05, 3.63) is 45.1 Å². The monoisotopic (exact) mass is 321 g/mol. The summed E-state index contributed by atoms with van der Waals surface area (Å²) in [5.41, 5.74) is 2.27. The predicted octanol–water partition coefficient (Wildman–Crippen LogP) is 2.67. The summed E-state index contributed by atoms with van der Waals surface area (Å²) in [5, 5.41) is 14.5. The molecule has 7 nitrogen and oxygen atoms in total. The Hall–Kier alpha value is -1.46. The van der Waals surface area contributed by atoms with Gasteiger partial charge in [0, 0.05) is 12.1 Å². The average Bonchev–Trinajstić information content (AvgIpc) is 2.80. The molecule has 0 unspecified atom stereocenters. The molecule has 0 saturated carbocycles. The lowest BCUT2D eigenvalue weighted by atomic mass is 10.1. The molecule has 10 heteroatoms. The molecule has 19 heavy (non-hydrogen) atoms. The minimum absolute atomic E-state index is 0.132. The molecule has 0 radical (unpaired) electrons. The van der Waals surface area contributed by atoms with Crippen LogP contribution in [0.5, 0.6) is 0 Å². The molecule has 0 bridgehead atoms. The van der Waals surface area contributed by atoms with Crippen LogP contribution in [0.4, 0.5) is 5.69 Å². The fourth-order valence-corrected chi connectivity index (χ4v) is 2.87. The van der Waals surface area contributed by atoms with Crippen molar-refractivity contribution in [3.8, 4) is 11.1 Å². The first-order chi connectivity index (χ1) is 8.77. The van der Waals surface area contributed by atoms with Gasteiger partial charge in [0.25, 0.3) is 16.0 Å². The van der Waals surface area contributed by atoms with Gasteiger partial charge in [-0.05, 0) is 17.7 Å². The van der Waals surface area contributed by atoms with E-state index < -0.39 is 10.4 Å². The highest BCUT2D eigenvalue weighted by molar-refractivity contribution is 7.79. The van der Waals surface area contributed by atoms with Crippen LogP contribution < -0.4 is 0 Å². The molecule has 0 amide bonds. The Bertz CT molecular complexity index is 627. The molecule has 0 spiro atoms. The number of hydrogen-bond donors (Lipinski definition) is 1. The lowest BCUT2D eigenvalue weighted by Crippen LogP contribution is -1.90. The van der Waals surface area contributed by atoms with Gasteiger partial charge >= 0.3 is 0 Å². The zero-order valence-corrected chi connectivity index (χ0v) is 11.6. The van der Waals surface area contributed by atoms with E-state index in [2.05, 4.69) is 0 Å². The van der Waals surface area contributed by atoms with Crippen LogP contribution in [-0.4, -0.2) is 22.4 Å². The first kappa shape index (κ1) is 15.6. The quantitative estimate of drug-likeness (QED) is 0.227. The molecule has 2 aromatic rings. The van der Waals surface area contributed by atoms with E-state index in [-0.39, 0.29) is 10.6 Å². The van der Waals surface area contributed by atoms with E-state index in [9.17, 15) is 10.1 Å². The summed E-state index contributed by atoms with van der Waals surface area (Å²) in [7, 11) is -1.61. The van der Waals surface area contributed by atoms with Crippen LogP contribution in [0.2, 0.25) is 0 Å². The minimum Gasteiger partial charge on any atom is -0.726 e. The molecule has 0 saturated heterocycles. The normalized spacial score (nSPS) is 10.4. The van der Waals surface area contributed by atoms with Crippen LogP contribution >= 0.6 is 20.7 Å². The molecule has 0 fully saturated rings. The van der Waals surface area contributed by atoms with Crippen LogP contribution in [0.3, 0.4) is 0 Å². The van der Waals surface area contributed by atoms with Crippen molar-refractivity contribution in [2.45, 2.75) is 0 Å². The van der Waals surface area contributed by atoms with Crippen molar-refractivity contribution in [2.24, 2.45) is 0 Å². The highest BCUT2D eigenvalue weighted by Gasteiger charge is 2.08. The first-order valence-corrected chi connectivity index (χ1v) is 8.20. The molecule has 1 heterocycles. The van der Waals surface area contributed by atoms with E-state index in [4.69, 9.17) is 17.5 Å². The van der Waals surface area contributed by atoms with Gasteiger partial charge in [0.1, 0.15) is 0 Å². The summed E-state index contributed by atoms with van der Waals surface area (Å²) in [6, 6.07) is 6.59. The molecule has 102 valence electrons. The van der Waals surface area contributed by atoms with Gasteiger partial charge in [0.15, 0.2) is 10.3 Å². The number of nitro benzene ring substituents is 1. The van der Waals surface area contributed by atoms with Crippen LogP contribution in [0, 0.1) is 10.1 Å². The third-order valence-electron chi connectivity index (χ3n) is 1.82. The number of nitro groups is 1. The van der Waals surface area contributed by atoms with Gasteiger partial charge in [-0.1, -0.05) is 0 Å². The van der Waals surface area contributed by atoms with Gasteiger partial charge in [0.05, 0.1) is 15.9 Å². The van der Waals surface area contributed by atoms with E-state index >= 15 is 0 Å². The fraction of sp³-hybridized carbons (Fsp3) is 0. The average molecular weight is 321 g/mol. The number of hydrogen-bond acceptors (Lipinski definition) is 6. The Kier molecular flexibility index (Phi) is 5.44. The van der Waals surface area contributed by atoms with Crippen molar-refractivity contribution in [3.63, 3.8) is 0 Å². The second kappa shape index (κ2) is 6.63. The minimum atomic E-state index is -4.92. The van der Waals surface area contributed by atoms with Crippen LogP contribution in [0.25, 0.3) is 11.1 Å². The molecule has 0 aliphatic heterocycles. The third-order valence-corrected chi connectivity index (χ3v) is 3.54. The van der Waals surface area contributed by atoms with Gasteiger partial charge in [0.2, 0.25) is 15.8 Å². The fourth-order valence-electron chi connectivity index (χ4n) is 1.10. The highest BCUT2D eigenvalue weighted by atomic mass is 32.9. The zero-order valence-electron chi connectivity index (χ0n) is 9.12. The van der Waals surface area contributed by atoms with Crippen LogP contribution in [0.15, 0.2) is 35.0 Å². The van der Waals surface area contributed by atoms with E-state index in [0.717, 1.165) is 11.1 Å². The number of benzene rings is 1. The van der Waals surface area contributed by atoms with Crippen molar-refractivity contribution >= 4 is 36.8 Å². The maximum absolute atomic E-state index is 10.4. The lowest BCUT2D eigenvalue weighted by Gasteiger charge is -1.94. The standard InChI is InChI=1S/C9H6NO2S2.H2O4S/c11-10(12)9-3-1-7(2-4-9)8-5-13-14-6-8;1-5(2,3)4/h1-6H;(H2,1,2,3,4)/q+1;/p-1. The van der Waals surface area contributed by atoms with E-state index in [0.29, 0.717) is 0 Å². The summed E-state index contributed by atoms with van der Waals surface area (Å²) in [4.78, 5) is 10.0. The maximum atomic E-state index is 10.4. The van der Waals surface area contributed by atoms with Gasteiger partial charge in [-0.3, -0.25) is 14.7 Å². The Morgan fingerprint density at radius 3 is 2.11 bits per heavy atom. The SMILES string of the molecule is O=S(=O)([O-])O.O=[N+]([O-])c1ccc(-c2cs[s+]c2)cc1. The van der Waals surface area contributed by atoms with E-state index in [1.807, 2.05) is 10.8 Å². The second-order valence-electron chi connectivity index (χ2n) is 3.12. The largest absolute Gasteiger partial charge is 0.726 e. The third kappa shape index (κ3) is 6.31. The molecule has 2 rings (SSSR count). The number of nitrogens with zero attached hydrogens (tertiary/aromatic N) is 1.